The van der Waals surface area contributed by atoms with E-state index in [-0.39, 0.29) is 23.5 Å². The lowest BCUT2D eigenvalue weighted by molar-refractivity contribution is -0.119. The van der Waals surface area contributed by atoms with Gasteiger partial charge in [0.15, 0.2) is 0 Å². The van der Waals surface area contributed by atoms with Gasteiger partial charge in [0.05, 0.1) is 0 Å². The number of hydrogen-bond acceptors (Lipinski definition) is 4. The molecule has 0 bridgehead atoms. The first kappa shape index (κ1) is 20.8. The van der Waals surface area contributed by atoms with Gasteiger partial charge in [0.2, 0.25) is 11.7 Å². The summed E-state index contributed by atoms with van der Waals surface area (Å²) >= 11 is 0. The van der Waals surface area contributed by atoms with Crippen molar-refractivity contribution in [1.82, 2.24) is 9.80 Å². The summed E-state index contributed by atoms with van der Waals surface area (Å²) in [5, 5.41) is 3.83. The summed E-state index contributed by atoms with van der Waals surface area (Å²) < 4.78 is 5.98. The molecule has 1 saturated carbocycles. The van der Waals surface area contributed by atoms with E-state index in [0.717, 1.165) is 50.7 Å². The Labute approximate surface area is 188 Å². The van der Waals surface area contributed by atoms with Crippen LogP contribution >= 0.6 is 0 Å². The summed E-state index contributed by atoms with van der Waals surface area (Å²) in [4.78, 5) is 30.5. The third kappa shape index (κ3) is 4.28. The molecule has 1 aliphatic heterocycles. The molecular formula is C26H29N3O3. The summed E-state index contributed by atoms with van der Waals surface area (Å²) in [7, 11) is 0. The number of nitrogens with one attached hydrogen (secondary N) is 1. The highest BCUT2D eigenvalue weighted by atomic mass is 16.3. The third-order valence-electron chi connectivity index (χ3n) is 6.67. The highest BCUT2D eigenvalue weighted by molar-refractivity contribution is 6.11. The van der Waals surface area contributed by atoms with Crippen molar-refractivity contribution >= 4 is 28.5 Å². The van der Waals surface area contributed by atoms with Crippen LogP contribution < -0.4 is 5.32 Å². The van der Waals surface area contributed by atoms with Gasteiger partial charge < -0.3 is 14.6 Å². The van der Waals surface area contributed by atoms with Crippen molar-refractivity contribution in [3.8, 4) is 0 Å². The van der Waals surface area contributed by atoms with Crippen LogP contribution in [0.25, 0.3) is 11.0 Å². The smallest absolute Gasteiger partial charge is 0.291 e. The van der Waals surface area contributed by atoms with Gasteiger partial charge in [-0.25, -0.2) is 0 Å². The second-order valence-electron chi connectivity index (χ2n) is 8.83. The lowest BCUT2D eigenvalue weighted by atomic mass is 10.1. The molecular weight excluding hydrogens is 402 g/mol. The molecule has 1 saturated heterocycles. The predicted octanol–water partition coefficient (Wildman–Crippen LogP) is 4.52. The number of benzene rings is 2. The number of furan rings is 1. The van der Waals surface area contributed by atoms with E-state index in [4.69, 9.17) is 4.42 Å². The molecule has 0 unspecified atom stereocenters. The molecule has 0 atom stereocenters. The van der Waals surface area contributed by atoms with Gasteiger partial charge in [-0.05, 0) is 30.5 Å². The first-order valence-corrected chi connectivity index (χ1v) is 11.6. The Balaban J connectivity index is 1.31. The Morgan fingerprint density at radius 1 is 0.906 bits per heavy atom. The SMILES string of the molecule is O=C(Nc1c(C(=O)N2CCN(Cc3ccccc3)CC2)oc2ccccc12)C1CCCC1. The number of amides is 2. The first-order chi connectivity index (χ1) is 15.7. The van der Waals surface area contributed by atoms with Crippen LogP contribution in [0.4, 0.5) is 5.69 Å². The molecule has 2 aromatic carbocycles. The van der Waals surface area contributed by atoms with E-state index >= 15 is 0 Å². The standard InChI is InChI=1S/C26H29N3O3/c30-25(20-10-4-5-11-20)27-23-21-12-6-7-13-22(21)32-24(23)26(31)29-16-14-28(15-17-29)18-19-8-2-1-3-9-19/h1-3,6-9,12-13,20H,4-5,10-11,14-18H2,(H,27,30). The number of hydrogen-bond donors (Lipinski definition) is 1. The van der Waals surface area contributed by atoms with Crippen LogP contribution in [0.15, 0.2) is 59.0 Å². The van der Waals surface area contributed by atoms with Crippen molar-refractivity contribution in [3.63, 3.8) is 0 Å². The zero-order chi connectivity index (χ0) is 21.9. The molecule has 2 amide bonds. The Bertz CT molecular complexity index is 1090. The van der Waals surface area contributed by atoms with Crippen LogP contribution in [-0.2, 0) is 11.3 Å². The molecule has 166 valence electrons. The number of para-hydroxylation sites is 1. The number of fused-ring (bicyclic) bond motifs is 1. The summed E-state index contributed by atoms with van der Waals surface area (Å²) in [6.45, 7) is 3.78. The molecule has 2 fully saturated rings. The maximum atomic E-state index is 13.4. The summed E-state index contributed by atoms with van der Waals surface area (Å²) in [6, 6.07) is 17.9. The molecule has 1 aromatic heterocycles. The van der Waals surface area contributed by atoms with Gasteiger partial charge in [-0.1, -0.05) is 55.3 Å². The van der Waals surface area contributed by atoms with Gasteiger partial charge >= 0.3 is 0 Å². The Kier molecular flexibility index (Phi) is 5.95. The predicted molar refractivity (Wildman–Crippen MR) is 124 cm³/mol. The van der Waals surface area contributed by atoms with E-state index in [0.29, 0.717) is 24.4 Å². The molecule has 0 radical (unpaired) electrons. The quantitative estimate of drug-likeness (QED) is 0.645. The van der Waals surface area contributed by atoms with Gasteiger partial charge in [-0.3, -0.25) is 14.5 Å². The highest BCUT2D eigenvalue weighted by Crippen LogP contribution is 2.34. The molecule has 2 aliphatic rings. The van der Waals surface area contributed by atoms with E-state index in [9.17, 15) is 9.59 Å². The molecule has 5 rings (SSSR count). The fraction of sp³-hybridized carbons (Fsp3) is 0.385. The number of anilines is 1. The monoisotopic (exact) mass is 431 g/mol. The van der Waals surface area contributed by atoms with Crippen LogP contribution in [0.2, 0.25) is 0 Å². The zero-order valence-electron chi connectivity index (χ0n) is 18.3. The number of carbonyl (C=O) groups excluding carboxylic acids is 2. The zero-order valence-corrected chi connectivity index (χ0v) is 18.3. The van der Waals surface area contributed by atoms with Crippen LogP contribution in [-0.4, -0.2) is 47.8 Å². The normalized spacial score (nSPS) is 17.7. The number of piperazine rings is 1. The number of carbonyl (C=O) groups is 2. The van der Waals surface area contributed by atoms with E-state index in [1.54, 1.807) is 0 Å². The molecule has 1 aliphatic carbocycles. The molecule has 3 aromatic rings. The molecule has 6 heteroatoms. The van der Waals surface area contributed by atoms with Crippen molar-refractivity contribution in [1.29, 1.82) is 0 Å². The summed E-state index contributed by atoms with van der Waals surface area (Å²) in [5.41, 5.74) is 2.43. The van der Waals surface area contributed by atoms with Gasteiger partial charge in [0.25, 0.3) is 5.91 Å². The van der Waals surface area contributed by atoms with Crippen molar-refractivity contribution < 1.29 is 14.0 Å². The van der Waals surface area contributed by atoms with E-state index in [1.165, 1.54) is 5.56 Å². The highest BCUT2D eigenvalue weighted by Gasteiger charge is 2.30. The average Bonchev–Trinajstić information content (AvgIpc) is 3.49. The molecule has 1 N–H and O–H groups in total. The first-order valence-electron chi connectivity index (χ1n) is 11.6. The molecule has 32 heavy (non-hydrogen) atoms. The van der Waals surface area contributed by atoms with E-state index < -0.39 is 0 Å². The van der Waals surface area contributed by atoms with Gasteiger partial charge in [-0.2, -0.15) is 0 Å². The van der Waals surface area contributed by atoms with Crippen LogP contribution in [0.3, 0.4) is 0 Å². The second kappa shape index (κ2) is 9.17. The molecule has 0 spiro atoms. The number of rotatable bonds is 5. The number of nitrogens with zero attached hydrogens (tertiary/aromatic N) is 2. The van der Waals surface area contributed by atoms with Gasteiger partial charge in [-0.15, -0.1) is 0 Å². The molecule has 6 nitrogen and oxygen atoms in total. The Hall–Kier alpha value is -3.12. The van der Waals surface area contributed by atoms with Crippen molar-refractivity contribution in [2.45, 2.75) is 32.2 Å². The summed E-state index contributed by atoms with van der Waals surface area (Å²) in [6.07, 6.45) is 4.00. The largest absolute Gasteiger partial charge is 0.449 e. The van der Waals surface area contributed by atoms with Crippen molar-refractivity contribution in [3.05, 3.63) is 65.9 Å². The maximum Gasteiger partial charge on any atom is 0.291 e. The average molecular weight is 432 g/mol. The lowest BCUT2D eigenvalue weighted by Gasteiger charge is -2.34. The minimum atomic E-state index is -0.151. The Morgan fingerprint density at radius 3 is 2.34 bits per heavy atom. The fourth-order valence-corrected chi connectivity index (χ4v) is 4.83. The minimum Gasteiger partial charge on any atom is -0.449 e. The van der Waals surface area contributed by atoms with Gasteiger partial charge in [0, 0.05) is 44.0 Å². The fourth-order valence-electron chi connectivity index (χ4n) is 4.83. The summed E-state index contributed by atoms with van der Waals surface area (Å²) in [5.74, 6) is 0.111. The topological polar surface area (TPSA) is 65.8 Å². The Morgan fingerprint density at radius 2 is 1.59 bits per heavy atom. The van der Waals surface area contributed by atoms with Crippen LogP contribution in [0.1, 0.15) is 41.8 Å². The maximum absolute atomic E-state index is 13.4. The van der Waals surface area contributed by atoms with E-state index in [1.807, 2.05) is 35.2 Å². The lowest BCUT2D eigenvalue weighted by Crippen LogP contribution is -2.48. The van der Waals surface area contributed by atoms with Crippen LogP contribution in [0, 0.1) is 5.92 Å². The van der Waals surface area contributed by atoms with Crippen molar-refractivity contribution in [2.24, 2.45) is 5.92 Å². The van der Waals surface area contributed by atoms with Crippen LogP contribution in [0.5, 0.6) is 0 Å². The third-order valence-corrected chi connectivity index (χ3v) is 6.67. The molecule has 2 heterocycles. The minimum absolute atomic E-state index is 0.00390. The second-order valence-corrected chi connectivity index (χ2v) is 8.83. The van der Waals surface area contributed by atoms with E-state index in [2.05, 4.69) is 34.5 Å². The van der Waals surface area contributed by atoms with Gasteiger partial charge in [0.1, 0.15) is 11.3 Å². The van der Waals surface area contributed by atoms with Crippen molar-refractivity contribution in [2.75, 3.05) is 31.5 Å².